The van der Waals surface area contributed by atoms with E-state index in [2.05, 4.69) is 77.5 Å². The lowest BCUT2D eigenvalue weighted by molar-refractivity contribution is 1.30. The second kappa shape index (κ2) is 6.04. The molecule has 0 aliphatic carbocycles. The fourth-order valence-electron chi connectivity index (χ4n) is 3.34. The number of benzene rings is 3. The van der Waals surface area contributed by atoms with E-state index in [0.717, 1.165) is 33.5 Å². The molecule has 0 unspecified atom stereocenters. The lowest BCUT2D eigenvalue weighted by atomic mass is 9.96. The van der Waals surface area contributed by atoms with E-state index in [9.17, 15) is 0 Å². The number of nitrogens with zero attached hydrogens (tertiary/aromatic N) is 1. The van der Waals surface area contributed by atoms with E-state index in [1.54, 1.807) is 11.8 Å². The minimum atomic E-state index is 0.989. The number of para-hydroxylation sites is 1. The standard InChI is InChI=1S/C23H16N2S/c1-15(19-14-24-13-17-6-2-3-7-18(17)19)16-10-11-23-21(12-16)25-20-8-4-5-9-22(20)26-23/h2-14,25H,1H2. The van der Waals surface area contributed by atoms with E-state index in [1.165, 1.54) is 15.2 Å². The van der Waals surface area contributed by atoms with Gasteiger partial charge in [-0.3, -0.25) is 4.98 Å². The largest absolute Gasteiger partial charge is 0.354 e. The van der Waals surface area contributed by atoms with Crippen LogP contribution in [0.1, 0.15) is 11.1 Å². The Morgan fingerprint density at radius 2 is 1.65 bits per heavy atom. The van der Waals surface area contributed by atoms with Gasteiger partial charge < -0.3 is 5.32 Å². The van der Waals surface area contributed by atoms with E-state index >= 15 is 0 Å². The van der Waals surface area contributed by atoms with Gasteiger partial charge in [0.15, 0.2) is 0 Å². The van der Waals surface area contributed by atoms with Crippen LogP contribution in [-0.2, 0) is 0 Å². The molecule has 1 aromatic heterocycles. The zero-order valence-electron chi connectivity index (χ0n) is 14.1. The summed E-state index contributed by atoms with van der Waals surface area (Å²) in [5.74, 6) is 0. The second-order valence-electron chi connectivity index (χ2n) is 6.32. The number of fused-ring (bicyclic) bond motifs is 3. The molecule has 3 aromatic carbocycles. The van der Waals surface area contributed by atoms with Gasteiger partial charge in [0.25, 0.3) is 0 Å². The first-order chi connectivity index (χ1) is 12.8. The fraction of sp³-hybridized carbons (Fsp3) is 0. The predicted molar refractivity (Wildman–Crippen MR) is 110 cm³/mol. The molecule has 3 heteroatoms. The van der Waals surface area contributed by atoms with Gasteiger partial charge in [-0.25, -0.2) is 0 Å². The van der Waals surface area contributed by atoms with Crippen LogP contribution < -0.4 is 5.32 Å². The van der Waals surface area contributed by atoms with Crippen LogP contribution in [0.3, 0.4) is 0 Å². The number of hydrogen-bond acceptors (Lipinski definition) is 3. The molecule has 0 radical (unpaired) electrons. The summed E-state index contributed by atoms with van der Waals surface area (Å²) in [7, 11) is 0. The normalized spacial score (nSPS) is 12.2. The van der Waals surface area contributed by atoms with Gasteiger partial charge in [-0.1, -0.05) is 60.8 Å². The molecule has 26 heavy (non-hydrogen) atoms. The lowest BCUT2D eigenvalue weighted by Gasteiger charge is -2.21. The molecular formula is C23H16N2S. The molecule has 2 nitrogen and oxygen atoms in total. The summed E-state index contributed by atoms with van der Waals surface area (Å²) in [4.78, 5) is 6.88. The molecule has 1 N–H and O–H groups in total. The van der Waals surface area contributed by atoms with Gasteiger partial charge in [0.2, 0.25) is 0 Å². The van der Waals surface area contributed by atoms with E-state index in [1.807, 2.05) is 18.5 Å². The molecule has 0 fully saturated rings. The van der Waals surface area contributed by atoms with Crippen LogP contribution >= 0.6 is 11.8 Å². The summed E-state index contributed by atoms with van der Waals surface area (Å²) in [6, 6.07) is 23.2. The zero-order valence-corrected chi connectivity index (χ0v) is 14.9. The number of anilines is 2. The van der Waals surface area contributed by atoms with Crippen LogP contribution in [0.15, 0.2) is 95.5 Å². The summed E-state index contributed by atoms with van der Waals surface area (Å²) < 4.78 is 0. The highest BCUT2D eigenvalue weighted by Gasteiger charge is 2.16. The van der Waals surface area contributed by atoms with Crippen molar-refractivity contribution >= 4 is 39.5 Å². The maximum absolute atomic E-state index is 4.40. The van der Waals surface area contributed by atoms with Crippen molar-refractivity contribution in [3.8, 4) is 0 Å². The van der Waals surface area contributed by atoms with Crippen LogP contribution in [0.4, 0.5) is 11.4 Å². The first-order valence-corrected chi connectivity index (χ1v) is 9.31. The molecule has 0 bridgehead atoms. The minimum absolute atomic E-state index is 0.989. The van der Waals surface area contributed by atoms with Crippen molar-refractivity contribution in [2.24, 2.45) is 0 Å². The monoisotopic (exact) mass is 352 g/mol. The summed E-state index contributed by atoms with van der Waals surface area (Å²) in [6.07, 6.45) is 3.80. The summed E-state index contributed by atoms with van der Waals surface area (Å²) in [6.45, 7) is 4.36. The van der Waals surface area contributed by atoms with Gasteiger partial charge in [0, 0.05) is 33.1 Å². The van der Waals surface area contributed by atoms with E-state index in [-0.39, 0.29) is 0 Å². The number of pyridine rings is 1. The maximum atomic E-state index is 4.40. The van der Waals surface area contributed by atoms with Crippen LogP contribution in [0, 0.1) is 0 Å². The average molecular weight is 352 g/mol. The smallest absolute Gasteiger partial charge is 0.0532 e. The Morgan fingerprint density at radius 3 is 2.62 bits per heavy atom. The molecule has 2 heterocycles. The van der Waals surface area contributed by atoms with E-state index in [4.69, 9.17) is 0 Å². The topological polar surface area (TPSA) is 24.9 Å². The number of aromatic nitrogens is 1. The summed E-state index contributed by atoms with van der Waals surface area (Å²) >= 11 is 1.80. The third-order valence-electron chi connectivity index (χ3n) is 4.70. The van der Waals surface area contributed by atoms with E-state index in [0.29, 0.717) is 0 Å². The first kappa shape index (κ1) is 15.2. The maximum Gasteiger partial charge on any atom is 0.0532 e. The molecule has 0 spiro atoms. The molecule has 124 valence electrons. The Hall–Kier alpha value is -3.04. The van der Waals surface area contributed by atoms with Crippen LogP contribution in [0.2, 0.25) is 0 Å². The highest BCUT2D eigenvalue weighted by atomic mass is 32.2. The third kappa shape index (κ3) is 2.49. The lowest BCUT2D eigenvalue weighted by Crippen LogP contribution is -2.00. The van der Waals surface area contributed by atoms with Crippen molar-refractivity contribution < 1.29 is 0 Å². The highest BCUT2D eigenvalue weighted by molar-refractivity contribution is 7.99. The molecule has 5 rings (SSSR count). The first-order valence-electron chi connectivity index (χ1n) is 8.50. The molecule has 0 atom stereocenters. The fourth-order valence-corrected chi connectivity index (χ4v) is 4.31. The Labute approximate surface area is 156 Å². The Kier molecular flexibility index (Phi) is 3.54. The Morgan fingerprint density at radius 1 is 0.846 bits per heavy atom. The number of rotatable bonds is 2. The number of hydrogen-bond donors (Lipinski definition) is 1. The Balaban J connectivity index is 1.56. The van der Waals surface area contributed by atoms with Gasteiger partial charge in [-0.15, -0.1) is 0 Å². The van der Waals surface area contributed by atoms with Crippen LogP contribution in [-0.4, -0.2) is 4.98 Å². The molecule has 0 amide bonds. The van der Waals surface area contributed by atoms with Crippen LogP contribution in [0.25, 0.3) is 16.3 Å². The molecule has 1 aliphatic heterocycles. The van der Waals surface area contributed by atoms with Crippen LogP contribution in [0.5, 0.6) is 0 Å². The zero-order chi connectivity index (χ0) is 17.5. The van der Waals surface area contributed by atoms with Gasteiger partial charge >= 0.3 is 0 Å². The summed E-state index contributed by atoms with van der Waals surface area (Å²) in [5.41, 5.74) is 5.45. The van der Waals surface area contributed by atoms with Crippen molar-refractivity contribution in [2.45, 2.75) is 9.79 Å². The Bertz CT molecular complexity index is 1160. The van der Waals surface area contributed by atoms with Gasteiger partial charge in [0.05, 0.1) is 11.4 Å². The quantitative estimate of drug-likeness (QED) is 0.392. The molecule has 4 aromatic rings. The minimum Gasteiger partial charge on any atom is -0.354 e. The third-order valence-corrected chi connectivity index (χ3v) is 5.85. The molecular weight excluding hydrogens is 336 g/mol. The average Bonchev–Trinajstić information content (AvgIpc) is 2.71. The van der Waals surface area contributed by atoms with Gasteiger partial charge in [-0.05, 0) is 40.8 Å². The SMILES string of the molecule is C=C(c1ccc2c(c1)Nc1ccccc1S2)c1cncc2ccccc12. The summed E-state index contributed by atoms with van der Waals surface area (Å²) in [5, 5.41) is 5.86. The molecule has 1 aliphatic rings. The van der Waals surface area contributed by atoms with Gasteiger partial charge in [-0.2, -0.15) is 0 Å². The second-order valence-corrected chi connectivity index (χ2v) is 7.40. The number of nitrogens with one attached hydrogen (secondary N) is 1. The van der Waals surface area contributed by atoms with E-state index < -0.39 is 0 Å². The van der Waals surface area contributed by atoms with Crippen molar-refractivity contribution in [3.63, 3.8) is 0 Å². The predicted octanol–water partition coefficient (Wildman–Crippen LogP) is 6.50. The van der Waals surface area contributed by atoms with Crippen molar-refractivity contribution in [1.29, 1.82) is 0 Å². The van der Waals surface area contributed by atoms with Crippen molar-refractivity contribution in [1.82, 2.24) is 4.98 Å². The van der Waals surface area contributed by atoms with Gasteiger partial charge in [0.1, 0.15) is 0 Å². The molecule has 0 saturated carbocycles. The highest BCUT2D eigenvalue weighted by Crippen LogP contribution is 2.45. The van der Waals surface area contributed by atoms with Crippen molar-refractivity contribution in [2.75, 3.05) is 5.32 Å². The van der Waals surface area contributed by atoms with Crippen molar-refractivity contribution in [3.05, 3.63) is 96.8 Å². The molecule has 0 saturated heterocycles.